The molecule has 0 aliphatic rings. The molecule has 0 aliphatic heterocycles. The first-order valence-corrected chi connectivity index (χ1v) is 4.27. The van der Waals surface area contributed by atoms with Gasteiger partial charge in [-0.15, -0.1) is 12.3 Å². The second-order valence-electron chi connectivity index (χ2n) is 3.30. The quantitative estimate of drug-likeness (QED) is 0.484. The molecule has 0 saturated carbocycles. The summed E-state index contributed by atoms with van der Waals surface area (Å²) in [4.78, 5) is 0. The van der Waals surface area contributed by atoms with E-state index in [0.717, 1.165) is 19.3 Å². The molecule has 2 heteroatoms. The molecule has 1 atom stereocenters. The molecule has 0 rings (SSSR count). The van der Waals surface area contributed by atoms with Gasteiger partial charge in [0, 0.05) is 20.1 Å². The summed E-state index contributed by atoms with van der Waals surface area (Å²) in [5, 5.41) is 9.72. The summed E-state index contributed by atoms with van der Waals surface area (Å²) in [5.41, 5.74) is -0.618. The van der Waals surface area contributed by atoms with Crippen LogP contribution in [-0.4, -0.2) is 24.4 Å². The highest BCUT2D eigenvalue weighted by atomic mass is 16.5. The molecule has 12 heavy (non-hydrogen) atoms. The minimum atomic E-state index is -0.618. The number of terminal acetylenes is 1. The molecule has 0 fully saturated rings. The van der Waals surface area contributed by atoms with Crippen molar-refractivity contribution in [2.75, 3.05) is 13.7 Å². The Hall–Kier alpha value is -0.520. The van der Waals surface area contributed by atoms with Crippen molar-refractivity contribution >= 4 is 0 Å². The Morgan fingerprint density at radius 2 is 2.17 bits per heavy atom. The van der Waals surface area contributed by atoms with Crippen LogP contribution in [0, 0.1) is 12.3 Å². The summed E-state index contributed by atoms with van der Waals surface area (Å²) >= 11 is 0. The van der Waals surface area contributed by atoms with Gasteiger partial charge in [0.15, 0.2) is 0 Å². The Kier molecular flexibility index (Phi) is 5.79. The van der Waals surface area contributed by atoms with Crippen LogP contribution in [0.3, 0.4) is 0 Å². The summed E-state index contributed by atoms with van der Waals surface area (Å²) in [5.74, 6) is 2.55. The van der Waals surface area contributed by atoms with Gasteiger partial charge in [-0.3, -0.25) is 0 Å². The number of methoxy groups -OCH3 is 1. The molecule has 2 nitrogen and oxygen atoms in total. The summed E-state index contributed by atoms with van der Waals surface area (Å²) in [6.45, 7) is 2.42. The van der Waals surface area contributed by atoms with Gasteiger partial charge >= 0.3 is 0 Å². The first-order valence-electron chi connectivity index (χ1n) is 4.27. The van der Waals surface area contributed by atoms with Gasteiger partial charge in [0.2, 0.25) is 0 Å². The van der Waals surface area contributed by atoms with Crippen molar-refractivity contribution in [3.63, 3.8) is 0 Å². The van der Waals surface area contributed by atoms with Gasteiger partial charge in [0.05, 0.1) is 5.60 Å². The van der Waals surface area contributed by atoms with E-state index in [0.29, 0.717) is 13.0 Å². The number of hydrogen-bond donors (Lipinski definition) is 1. The van der Waals surface area contributed by atoms with E-state index in [1.165, 1.54) is 0 Å². The molecule has 0 saturated heterocycles. The van der Waals surface area contributed by atoms with Crippen LogP contribution in [0.2, 0.25) is 0 Å². The average Bonchev–Trinajstić information content (AvgIpc) is 2.01. The van der Waals surface area contributed by atoms with E-state index in [2.05, 4.69) is 5.92 Å². The van der Waals surface area contributed by atoms with Gasteiger partial charge in [-0.2, -0.15) is 0 Å². The Morgan fingerprint density at radius 1 is 1.50 bits per heavy atom. The normalized spacial score (nSPS) is 15.2. The standard InChI is InChI=1S/C10H18O2/c1-4-5-6-7-10(2,11)8-9-12-3/h1,11H,5-9H2,2-3H3. The van der Waals surface area contributed by atoms with E-state index < -0.39 is 5.60 Å². The van der Waals surface area contributed by atoms with Gasteiger partial charge in [-0.05, 0) is 26.2 Å². The van der Waals surface area contributed by atoms with E-state index in [9.17, 15) is 5.11 Å². The van der Waals surface area contributed by atoms with Crippen molar-refractivity contribution in [2.24, 2.45) is 0 Å². The summed E-state index contributed by atoms with van der Waals surface area (Å²) in [6.07, 6.45) is 8.15. The minimum absolute atomic E-state index is 0.600. The zero-order chi connectivity index (χ0) is 9.45. The first-order chi connectivity index (χ1) is 5.62. The summed E-state index contributed by atoms with van der Waals surface area (Å²) in [6, 6.07) is 0. The lowest BCUT2D eigenvalue weighted by Crippen LogP contribution is -2.25. The second-order valence-corrected chi connectivity index (χ2v) is 3.30. The molecule has 0 heterocycles. The fourth-order valence-electron chi connectivity index (χ4n) is 1.02. The molecular weight excluding hydrogens is 152 g/mol. The fraction of sp³-hybridized carbons (Fsp3) is 0.800. The van der Waals surface area contributed by atoms with Gasteiger partial charge in [0.25, 0.3) is 0 Å². The second kappa shape index (κ2) is 6.05. The lowest BCUT2D eigenvalue weighted by Gasteiger charge is -2.22. The van der Waals surface area contributed by atoms with Crippen molar-refractivity contribution < 1.29 is 9.84 Å². The Bertz CT molecular complexity index is 144. The van der Waals surface area contributed by atoms with Crippen LogP contribution < -0.4 is 0 Å². The number of aliphatic hydroxyl groups is 1. The molecule has 0 aromatic heterocycles. The molecule has 1 unspecified atom stereocenters. The van der Waals surface area contributed by atoms with Crippen molar-refractivity contribution in [2.45, 2.75) is 38.2 Å². The smallest absolute Gasteiger partial charge is 0.0642 e. The Labute approximate surface area is 74.9 Å². The molecule has 0 aromatic carbocycles. The lowest BCUT2D eigenvalue weighted by molar-refractivity contribution is 0.0161. The SMILES string of the molecule is C#CCCCC(C)(O)CCOC. The third-order valence-electron chi connectivity index (χ3n) is 1.88. The Balaban J connectivity index is 3.50. The van der Waals surface area contributed by atoms with Crippen molar-refractivity contribution in [3.05, 3.63) is 0 Å². The minimum Gasteiger partial charge on any atom is -0.390 e. The van der Waals surface area contributed by atoms with Crippen molar-refractivity contribution in [1.29, 1.82) is 0 Å². The topological polar surface area (TPSA) is 29.5 Å². The van der Waals surface area contributed by atoms with E-state index in [4.69, 9.17) is 11.2 Å². The van der Waals surface area contributed by atoms with E-state index >= 15 is 0 Å². The van der Waals surface area contributed by atoms with Gasteiger partial charge in [0.1, 0.15) is 0 Å². The van der Waals surface area contributed by atoms with Gasteiger partial charge in [-0.1, -0.05) is 0 Å². The van der Waals surface area contributed by atoms with Crippen molar-refractivity contribution in [1.82, 2.24) is 0 Å². The van der Waals surface area contributed by atoms with Crippen LogP contribution in [-0.2, 0) is 4.74 Å². The molecule has 70 valence electrons. The summed E-state index contributed by atoms with van der Waals surface area (Å²) in [7, 11) is 1.64. The zero-order valence-corrected chi connectivity index (χ0v) is 7.97. The average molecular weight is 170 g/mol. The lowest BCUT2D eigenvalue weighted by atomic mass is 9.96. The van der Waals surface area contributed by atoms with Crippen LogP contribution in [0.25, 0.3) is 0 Å². The number of ether oxygens (including phenoxy) is 1. The predicted molar refractivity (Wildman–Crippen MR) is 49.8 cm³/mol. The maximum Gasteiger partial charge on any atom is 0.0642 e. The van der Waals surface area contributed by atoms with Gasteiger partial charge in [-0.25, -0.2) is 0 Å². The molecule has 1 N–H and O–H groups in total. The Morgan fingerprint density at radius 3 is 2.67 bits per heavy atom. The zero-order valence-electron chi connectivity index (χ0n) is 7.97. The summed E-state index contributed by atoms with van der Waals surface area (Å²) < 4.78 is 4.88. The number of hydrogen-bond acceptors (Lipinski definition) is 2. The first kappa shape index (κ1) is 11.5. The number of unbranched alkanes of at least 4 members (excludes halogenated alkanes) is 1. The van der Waals surface area contributed by atoms with Crippen LogP contribution in [0.1, 0.15) is 32.6 Å². The van der Waals surface area contributed by atoms with Crippen molar-refractivity contribution in [3.8, 4) is 12.3 Å². The number of rotatable bonds is 6. The largest absolute Gasteiger partial charge is 0.390 e. The third kappa shape index (κ3) is 6.21. The van der Waals surface area contributed by atoms with E-state index in [1.807, 2.05) is 6.92 Å². The predicted octanol–water partition coefficient (Wildman–Crippen LogP) is 1.58. The third-order valence-corrected chi connectivity index (χ3v) is 1.88. The maximum atomic E-state index is 9.72. The van der Waals surface area contributed by atoms with Crippen LogP contribution in [0.5, 0.6) is 0 Å². The highest BCUT2D eigenvalue weighted by Gasteiger charge is 2.18. The molecule has 0 aliphatic carbocycles. The highest BCUT2D eigenvalue weighted by Crippen LogP contribution is 2.17. The fourth-order valence-corrected chi connectivity index (χ4v) is 1.02. The molecule has 0 bridgehead atoms. The molecular formula is C10H18O2. The van der Waals surface area contributed by atoms with Crippen LogP contribution in [0.4, 0.5) is 0 Å². The molecule has 0 radical (unpaired) electrons. The molecule has 0 spiro atoms. The van der Waals surface area contributed by atoms with Gasteiger partial charge < -0.3 is 9.84 Å². The monoisotopic (exact) mass is 170 g/mol. The van der Waals surface area contributed by atoms with E-state index in [1.54, 1.807) is 7.11 Å². The highest BCUT2D eigenvalue weighted by molar-refractivity contribution is 4.84. The van der Waals surface area contributed by atoms with E-state index in [-0.39, 0.29) is 0 Å². The van der Waals surface area contributed by atoms with Crippen LogP contribution >= 0.6 is 0 Å². The molecule has 0 amide bonds. The van der Waals surface area contributed by atoms with Crippen LogP contribution in [0.15, 0.2) is 0 Å². The molecule has 0 aromatic rings. The maximum absolute atomic E-state index is 9.72.